The van der Waals surface area contributed by atoms with Gasteiger partial charge in [-0.25, -0.2) is 14.0 Å². The lowest BCUT2D eigenvalue weighted by molar-refractivity contribution is -0.119. The van der Waals surface area contributed by atoms with Gasteiger partial charge in [0.1, 0.15) is 17.4 Å². The number of hydrogen-bond acceptors (Lipinski definition) is 5. The predicted molar refractivity (Wildman–Crippen MR) is 139 cm³/mol. The Bertz CT molecular complexity index is 1460. The number of amides is 3. The van der Waals surface area contributed by atoms with Gasteiger partial charge in [0.2, 0.25) is 5.91 Å². The molecule has 38 heavy (non-hydrogen) atoms. The van der Waals surface area contributed by atoms with Crippen molar-refractivity contribution in [2.24, 2.45) is 0 Å². The van der Waals surface area contributed by atoms with Crippen LogP contribution < -0.4 is 16.2 Å². The summed E-state index contributed by atoms with van der Waals surface area (Å²) in [6, 6.07) is 9.43. The lowest BCUT2D eigenvalue weighted by Gasteiger charge is -2.24. The molecule has 0 unspecified atom stereocenters. The number of carboxylic acid groups (broad SMARTS) is 1. The number of pyridine rings is 1. The van der Waals surface area contributed by atoms with Crippen LogP contribution in [-0.2, 0) is 9.53 Å². The van der Waals surface area contributed by atoms with E-state index in [9.17, 15) is 28.7 Å². The number of rotatable bonds is 6. The fourth-order valence-electron chi connectivity index (χ4n) is 4.03. The number of aromatic carboxylic acids is 1. The first-order chi connectivity index (χ1) is 18.1. The Morgan fingerprint density at radius 3 is 2.39 bits per heavy atom. The van der Waals surface area contributed by atoms with Crippen molar-refractivity contribution in [3.8, 4) is 5.69 Å². The first-order valence-electron chi connectivity index (χ1n) is 11.2. The van der Waals surface area contributed by atoms with Crippen LogP contribution in [0.1, 0.15) is 16.8 Å². The molecule has 2 aromatic carbocycles. The molecule has 1 aliphatic heterocycles. The lowest BCUT2D eigenvalue weighted by Crippen LogP contribution is -2.45. The number of urea groups is 1. The van der Waals surface area contributed by atoms with E-state index in [1.165, 1.54) is 24.1 Å². The monoisotopic (exact) mass is 562 g/mol. The average Bonchev–Trinajstić information content (AvgIpc) is 3.33. The fraction of sp³-hybridized carbons (Fsp3) is 0.200. The molecule has 1 fully saturated rings. The largest absolute Gasteiger partial charge is 0.477 e. The van der Waals surface area contributed by atoms with Crippen molar-refractivity contribution < 1.29 is 28.6 Å². The van der Waals surface area contributed by atoms with Gasteiger partial charge in [-0.05, 0) is 42.5 Å². The molecule has 2 heterocycles. The molecule has 1 aliphatic rings. The van der Waals surface area contributed by atoms with Crippen molar-refractivity contribution in [1.29, 1.82) is 0 Å². The van der Waals surface area contributed by atoms with E-state index in [4.69, 9.17) is 27.9 Å². The second kappa shape index (κ2) is 11.2. The minimum Gasteiger partial charge on any atom is -0.477 e. The summed E-state index contributed by atoms with van der Waals surface area (Å²) in [5.41, 5.74) is -1.22. The average molecular weight is 563 g/mol. The highest BCUT2D eigenvalue weighted by Gasteiger charge is 2.40. The molecule has 0 aliphatic carbocycles. The Hall–Kier alpha value is -3.93. The topological polar surface area (TPSA) is 130 Å². The van der Waals surface area contributed by atoms with Crippen molar-refractivity contribution in [2.45, 2.75) is 18.6 Å². The standard InChI is InChI=1S/C25H21Cl2FN4O6/c1-38-17-10-21(32(12-17)25(37)29-15-4-2-13(26)3-5-15)22(33)30-20-7-6-16(9-19(20)28)31-11-14(27)8-18(23(31)34)24(35)36/h2-9,11,17,21H,10,12H2,1H3,(H,29,37)(H,30,33)(H,35,36)/t17-,21-/m1/s1. The van der Waals surface area contributed by atoms with E-state index in [1.807, 2.05) is 0 Å². The maximum atomic E-state index is 15.0. The molecular weight excluding hydrogens is 542 g/mol. The number of hydrogen-bond donors (Lipinski definition) is 3. The van der Waals surface area contributed by atoms with Crippen LogP contribution in [0.4, 0.5) is 20.6 Å². The molecule has 3 amide bonds. The molecule has 0 radical (unpaired) electrons. The summed E-state index contributed by atoms with van der Waals surface area (Å²) in [6.07, 6.45) is 0.933. The minimum atomic E-state index is -1.48. The number of halogens is 3. The summed E-state index contributed by atoms with van der Waals surface area (Å²) in [5.74, 6) is -3.01. The van der Waals surface area contributed by atoms with Crippen LogP contribution in [0.25, 0.3) is 5.69 Å². The number of likely N-dealkylation sites (tertiary alicyclic amines) is 1. The molecule has 1 saturated heterocycles. The zero-order valence-corrected chi connectivity index (χ0v) is 21.3. The highest BCUT2D eigenvalue weighted by atomic mass is 35.5. The van der Waals surface area contributed by atoms with Gasteiger partial charge in [-0.1, -0.05) is 23.2 Å². The predicted octanol–water partition coefficient (Wildman–Crippen LogP) is 4.24. The highest BCUT2D eigenvalue weighted by molar-refractivity contribution is 6.31. The molecule has 3 N–H and O–H groups in total. The molecule has 3 aromatic rings. The summed E-state index contributed by atoms with van der Waals surface area (Å²) in [5, 5.41) is 14.8. The third-order valence-corrected chi connectivity index (χ3v) is 6.42. The zero-order valence-electron chi connectivity index (χ0n) is 19.8. The van der Waals surface area contributed by atoms with E-state index in [0.717, 1.165) is 22.9 Å². The zero-order chi connectivity index (χ0) is 27.6. The van der Waals surface area contributed by atoms with E-state index in [1.54, 1.807) is 24.3 Å². The first kappa shape index (κ1) is 27.1. The number of aromatic nitrogens is 1. The van der Waals surface area contributed by atoms with Crippen molar-refractivity contribution in [1.82, 2.24) is 9.47 Å². The van der Waals surface area contributed by atoms with Gasteiger partial charge in [0, 0.05) is 43.0 Å². The van der Waals surface area contributed by atoms with E-state index in [2.05, 4.69) is 10.6 Å². The Labute approximate surface area is 225 Å². The van der Waals surface area contributed by atoms with Crippen molar-refractivity contribution in [2.75, 3.05) is 24.3 Å². The maximum Gasteiger partial charge on any atom is 0.341 e. The van der Waals surface area contributed by atoms with Gasteiger partial charge in [0.05, 0.1) is 22.5 Å². The fourth-order valence-corrected chi connectivity index (χ4v) is 4.37. The summed E-state index contributed by atoms with van der Waals surface area (Å²) < 4.78 is 21.2. The molecule has 0 bridgehead atoms. The third-order valence-electron chi connectivity index (χ3n) is 5.96. The third kappa shape index (κ3) is 5.80. The van der Waals surface area contributed by atoms with Crippen LogP contribution in [0.2, 0.25) is 10.0 Å². The molecule has 10 nitrogen and oxygen atoms in total. The number of carboxylic acids is 1. The highest BCUT2D eigenvalue weighted by Crippen LogP contribution is 2.25. The number of nitrogens with zero attached hydrogens (tertiary/aromatic N) is 2. The van der Waals surface area contributed by atoms with E-state index in [0.29, 0.717) is 10.7 Å². The van der Waals surface area contributed by atoms with Crippen LogP contribution in [0, 0.1) is 5.82 Å². The number of benzene rings is 2. The number of nitrogens with one attached hydrogen (secondary N) is 2. The Morgan fingerprint density at radius 2 is 1.76 bits per heavy atom. The van der Waals surface area contributed by atoms with E-state index in [-0.39, 0.29) is 29.4 Å². The lowest BCUT2D eigenvalue weighted by atomic mass is 10.1. The summed E-state index contributed by atoms with van der Waals surface area (Å²) >= 11 is 11.8. The molecule has 2 atom stereocenters. The van der Waals surface area contributed by atoms with Gasteiger partial charge in [0.15, 0.2) is 0 Å². The van der Waals surface area contributed by atoms with Crippen LogP contribution in [0.3, 0.4) is 0 Å². The number of ether oxygens (including phenoxy) is 1. The molecule has 0 spiro atoms. The van der Waals surface area contributed by atoms with Crippen LogP contribution >= 0.6 is 23.2 Å². The van der Waals surface area contributed by atoms with Gasteiger partial charge in [-0.15, -0.1) is 0 Å². The number of carbonyl (C=O) groups is 3. The number of carbonyl (C=O) groups excluding carboxylic acids is 2. The Balaban J connectivity index is 1.54. The van der Waals surface area contributed by atoms with Crippen molar-refractivity contribution in [3.05, 3.63) is 86.5 Å². The first-order valence-corrected chi connectivity index (χ1v) is 11.9. The van der Waals surface area contributed by atoms with Crippen molar-refractivity contribution >= 4 is 52.5 Å². The molecule has 198 valence electrons. The normalized spacial score (nSPS) is 16.8. The SMILES string of the molecule is CO[C@@H]1C[C@H](C(=O)Nc2ccc(-n3cc(Cl)cc(C(=O)O)c3=O)cc2F)N(C(=O)Nc2ccc(Cl)cc2)C1. The summed E-state index contributed by atoms with van der Waals surface area (Å²) in [7, 11) is 1.46. The summed E-state index contributed by atoms with van der Waals surface area (Å²) in [4.78, 5) is 51.1. The van der Waals surface area contributed by atoms with Crippen LogP contribution in [-0.4, -0.2) is 58.3 Å². The summed E-state index contributed by atoms with van der Waals surface area (Å²) in [6.45, 7) is 0.138. The maximum absolute atomic E-state index is 15.0. The molecule has 4 rings (SSSR count). The van der Waals surface area contributed by atoms with E-state index < -0.39 is 47.0 Å². The smallest absolute Gasteiger partial charge is 0.341 e. The van der Waals surface area contributed by atoms with Crippen molar-refractivity contribution in [3.63, 3.8) is 0 Å². The van der Waals surface area contributed by atoms with Crippen LogP contribution in [0.5, 0.6) is 0 Å². The van der Waals surface area contributed by atoms with E-state index >= 15 is 0 Å². The van der Waals surface area contributed by atoms with Gasteiger partial charge < -0.3 is 25.4 Å². The Kier molecular flexibility index (Phi) is 8.00. The number of anilines is 2. The molecular formula is C25H21Cl2FN4O6. The molecule has 1 aromatic heterocycles. The Morgan fingerprint density at radius 1 is 1.05 bits per heavy atom. The number of methoxy groups -OCH3 is 1. The van der Waals surface area contributed by atoms with Crippen LogP contribution in [0.15, 0.2) is 59.5 Å². The van der Waals surface area contributed by atoms with Gasteiger partial charge in [-0.3, -0.25) is 14.2 Å². The second-order valence-corrected chi connectivity index (χ2v) is 9.28. The molecule has 0 saturated carbocycles. The molecule has 13 heteroatoms. The minimum absolute atomic E-state index is 0.000203. The van der Waals surface area contributed by atoms with Gasteiger partial charge in [0.25, 0.3) is 5.56 Å². The van der Waals surface area contributed by atoms with Gasteiger partial charge >= 0.3 is 12.0 Å². The quantitative estimate of drug-likeness (QED) is 0.412. The van der Waals surface area contributed by atoms with Gasteiger partial charge in [-0.2, -0.15) is 0 Å². The second-order valence-electron chi connectivity index (χ2n) is 8.40.